The number of phenolic OH excluding ortho intramolecular Hbond substituents is 2. The molecule has 3 rings (SSSR count). The van der Waals surface area contributed by atoms with Crippen molar-refractivity contribution in [3.8, 4) is 11.5 Å². The van der Waals surface area contributed by atoms with Crippen LogP contribution in [0.2, 0.25) is 0 Å². The monoisotopic (exact) mass is 442 g/mol. The number of nitrogens with zero attached hydrogens (tertiary/aromatic N) is 1. The summed E-state index contributed by atoms with van der Waals surface area (Å²) in [6, 6.07) is 13.5. The first-order valence-electron chi connectivity index (χ1n) is 9.56. The van der Waals surface area contributed by atoms with Crippen LogP contribution in [0.5, 0.6) is 11.5 Å². The second kappa shape index (κ2) is 10.3. The van der Waals surface area contributed by atoms with Gasteiger partial charge in [-0.05, 0) is 43.2 Å². The van der Waals surface area contributed by atoms with Crippen molar-refractivity contribution >= 4 is 51.9 Å². The van der Waals surface area contributed by atoms with Crippen molar-refractivity contribution in [2.24, 2.45) is 0 Å². The Morgan fingerprint density at radius 3 is 2.60 bits per heavy atom. The Bertz CT molecular complexity index is 976. The molecule has 0 bridgehead atoms. The summed E-state index contributed by atoms with van der Waals surface area (Å²) in [6.45, 7) is 0.490. The maximum Gasteiger partial charge on any atom is 0.266 e. The highest BCUT2D eigenvalue weighted by Crippen LogP contribution is 2.35. The number of carbonyl (C=O) groups is 2. The van der Waals surface area contributed by atoms with Crippen molar-refractivity contribution in [2.45, 2.75) is 25.7 Å². The zero-order valence-electron chi connectivity index (χ0n) is 16.2. The molecule has 8 heteroatoms. The normalized spacial score (nSPS) is 15.1. The van der Waals surface area contributed by atoms with Crippen molar-refractivity contribution < 1.29 is 19.8 Å². The maximum absolute atomic E-state index is 12.6. The third kappa shape index (κ3) is 5.84. The van der Waals surface area contributed by atoms with Crippen LogP contribution in [0.15, 0.2) is 53.4 Å². The van der Waals surface area contributed by atoms with Crippen LogP contribution in [0, 0.1) is 0 Å². The number of thiocarbonyl (C=S) groups is 1. The molecule has 0 aliphatic carbocycles. The fourth-order valence-corrected chi connectivity index (χ4v) is 4.26. The first-order chi connectivity index (χ1) is 14.4. The van der Waals surface area contributed by atoms with Gasteiger partial charge in [-0.3, -0.25) is 14.5 Å². The van der Waals surface area contributed by atoms with E-state index in [2.05, 4.69) is 5.32 Å². The Balaban J connectivity index is 1.44. The summed E-state index contributed by atoms with van der Waals surface area (Å²) >= 11 is 6.51. The highest BCUT2D eigenvalue weighted by Gasteiger charge is 2.31. The summed E-state index contributed by atoms with van der Waals surface area (Å²) in [4.78, 5) is 26.6. The fourth-order valence-electron chi connectivity index (χ4n) is 2.97. The van der Waals surface area contributed by atoms with Gasteiger partial charge in [0.1, 0.15) is 15.8 Å². The molecular weight excluding hydrogens is 420 g/mol. The van der Waals surface area contributed by atoms with Crippen molar-refractivity contribution in [3.63, 3.8) is 0 Å². The van der Waals surface area contributed by atoms with Gasteiger partial charge in [0.2, 0.25) is 5.91 Å². The Labute approximate surface area is 184 Å². The molecule has 0 saturated carbocycles. The number of amides is 2. The molecule has 2 aromatic carbocycles. The first-order valence-corrected chi connectivity index (χ1v) is 10.8. The molecule has 156 valence electrons. The minimum absolute atomic E-state index is 0.0246. The van der Waals surface area contributed by atoms with Crippen molar-refractivity contribution in [1.82, 2.24) is 4.90 Å². The molecule has 1 saturated heterocycles. The number of rotatable bonds is 8. The molecule has 0 aromatic heterocycles. The number of benzene rings is 2. The van der Waals surface area contributed by atoms with E-state index >= 15 is 0 Å². The third-order valence-electron chi connectivity index (χ3n) is 4.52. The molecule has 6 nitrogen and oxygen atoms in total. The Morgan fingerprint density at radius 2 is 1.87 bits per heavy atom. The number of unbranched alkanes of at least 4 members (excludes halogenated alkanes) is 2. The van der Waals surface area contributed by atoms with E-state index in [9.17, 15) is 19.8 Å². The van der Waals surface area contributed by atoms with E-state index in [-0.39, 0.29) is 23.3 Å². The van der Waals surface area contributed by atoms with Crippen LogP contribution in [-0.4, -0.2) is 37.8 Å². The molecule has 1 aliphatic rings. The number of nitrogens with one attached hydrogen (secondary N) is 1. The van der Waals surface area contributed by atoms with E-state index in [4.69, 9.17) is 12.2 Å². The Kier molecular flexibility index (Phi) is 7.48. The highest BCUT2D eigenvalue weighted by molar-refractivity contribution is 8.26. The van der Waals surface area contributed by atoms with Crippen molar-refractivity contribution in [3.05, 3.63) is 59.0 Å². The molecule has 1 fully saturated rings. The second-order valence-electron chi connectivity index (χ2n) is 6.80. The smallest absolute Gasteiger partial charge is 0.266 e. The lowest BCUT2D eigenvalue weighted by Crippen LogP contribution is -2.29. The molecule has 1 heterocycles. The number of aromatic hydroxyl groups is 2. The standard InChI is InChI=1S/C22H22N2O4S2/c25-17-11-10-15(18(26)14-17)13-19-21(28)24(22(29)30-19)12-6-2-5-9-20(27)23-16-7-3-1-4-8-16/h1,3-4,7-8,10-11,13-14,25-26H,2,5-6,9,12H2,(H,23,27)/b19-13-. The SMILES string of the molecule is O=C(CCCCCN1C(=O)/C(=C/c2ccc(O)cc2O)SC1=S)Nc1ccccc1. The van der Waals surface area contributed by atoms with E-state index in [0.717, 1.165) is 24.9 Å². The third-order valence-corrected chi connectivity index (χ3v) is 5.90. The summed E-state index contributed by atoms with van der Waals surface area (Å²) in [7, 11) is 0. The van der Waals surface area contributed by atoms with E-state index in [1.807, 2.05) is 30.3 Å². The number of hydrogen-bond donors (Lipinski definition) is 3. The molecule has 0 unspecified atom stereocenters. The van der Waals surface area contributed by atoms with Crippen LogP contribution in [0.1, 0.15) is 31.2 Å². The maximum atomic E-state index is 12.6. The highest BCUT2D eigenvalue weighted by atomic mass is 32.2. The van der Waals surface area contributed by atoms with Crippen LogP contribution >= 0.6 is 24.0 Å². The number of anilines is 1. The summed E-state index contributed by atoms with van der Waals surface area (Å²) in [5, 5.41) is 22.1. The molecule has 3 N–H and O–H groups in total. The van der Waals surface area contributed by atoms with Crippen molar-refractivity contribution in [2.75, 3.05) is 11.9 Å². The van der Waals surface area contributed by atoms with Gasteiger partial charge < -0.3 is 15.5 Å². The average Bonchev–Trinajstić information content (AvgIpc) is 2.98. The van der Waals surface area contributed by atoms with Crippen LogP contribution in [0.3, 0.4) is 0 Å². The summed E-state index contributed by atoms with van der Waals surface area (Å²) in [5.74, 6) is -0.369. The van der Waals surface area contributed by atoms with Gasteiger partial charge >= 0.3 is 0 Å². The first kappa shape index (κ1) is 21.9. The minimum Gasteiger partial charge on any atom is -0.508 e. The molecule has 0 atom stereocenters. The molecule has 2 amide bonds. The van der Waals surface area contributed by atoms with Gasteiger partial charge in [-0.1, -0.05) is 48.6 Å². The predicted molar refractivity (Wildman–Crippen MR) is 123 cm³/mol. The van der Waals surface area contributed by atoms with Gasteiger partial charge in [0, 0.05) is 30.3 Å². The van der Waals surface area contributed by atoms with Crippen LogP contribution in [0.25, 0.3) is 6.08 Å². The lowest BCUT2D eigenvalue weighted by Gasteiger charge is -2.14. The van der Waals surface area contributed by atoms with Crippen LogP contribution in [0.4, 0.5) is 5.69 Å². The average molecular weight is 443 g/mol. The van der Waals surface area contributed by atoms with Crippen LogP contribution < -0.4 is 5.32 Å². The summed E-state index contributed by atoms with van der Waals surface area (Å²) in [5.41, 5.74) is 1.23. The van der Waals surface area contributed by atoms with Crippen LogP contribution in [-0.2, 0) is 9.59 Å². The number of hydrogen-bond acceptors (Lipinski definition) is 6. The van der Waals surface area contributed by atoms with E-state index in [1.54, 1.807) is 11.0 Å². The predicted octanol–water partition coefficient (Wildman–Crippen LogP) is 4.50. The molecule has 2 aromatic rings. The Hall–Kier alpha value is -2.84. The quantitative estimate of drug-likeness (QED) is 0.317. The van der Waals surface area contributed by atoms with E-state index < -0.39 is 0 Å². The fraction of sp³-hybridized carbons (Fsp3) is 0.227. The largest absolute Gasteiger partial charge is 0.508 e. The Morgan fingerprint density at radius 1 is 1.10 bits per heavy atom. The lowest BCUT2D eigenvalue weighted by atomic mass is 10.1. The zero-order chi connectivity index (χ0) is 21.5. The van der Waals surface area contributed by atoms with E-state index in [0.29, 0.717) is 27.8 Å². The van der Waals surface area contributed by atoms with Gasteiger partial charge in [-0.15, -0.1) is 0 Å². The second-order valence-corrected chi connectivity index (χ2v) is 8.48. The van der Waals surface area contributed by atoms with Gasteiger partial charge in [0.05, 0.1) is 4.91 Å². The van der Waals surface area contributed by atoms with Gasteiger partial charge in [0.25, 0.3) is 5.91 Å². The molecular formula is C22H22N2O4S2. The minimum atomic E-state index is -0.195. The topological polar surface area (TPSA) is 89.9 Å². The number of phenols is 2. The summed E-state index contributed by atoms with van der Waals surface area (Å²) in [6.07, 6.45) is 4.26. The zero-order valence-corrected chi connectivity index (χ0v) is 17.8. The molecule has 0 radical (unpaired) electrons. The molecule has 1 aliphatic heterocycles. The van der Waals surface area contributed by atoms with Crippen molar-refractivity contribution in [1.29, 1.82) is 0 Å². The number of para-hydroxylation sites is 1. The molecule has 0 spiro atoms. The van der Waals surface area contributed by atoms with Gasteiger partial charge in [-0.2, -0.15) is 0 Å². The van der Waals surface area contributed by atoms with E-state index in [1.165, 1.54) is 30.0 Å². The molecule has 30 heavy (non-hydrogen) atoms. The number of thioether (sulfide) groups is 1. The number of carbonyl (C=O) groups excluding carboxylic acids is 2. The van der Waals surface area contributed by atoms with Gasteiger partial charge in [-0.25, -0.2) is 0 Å². The van der Waals surface area contributed by atoms with Gasteiger partial charge in [0.15, 0.2) is 0 Å². The lowest BCUT2D eigenvalue weighted by molar-refractivity contribution is -0.122. The summed E-state index contributed by atoms with van der Waals surface area (Å²) < 4.78 is 0.478.